The van der Waals surface area contributed by atoms with E-state index in [1.807, 2.05) is 30.3 Å². The van der Waals surface area contributed by atoms with Crippen molar-refractivity contribution in [2.75, 3.05) is 5.32 Å². The molecule has 0 saturated heterocycles. The molecule has 0 bridgehead atoms. The van der Waals surface area contributed by atoms with Crippen molar-refractivity contribution < 1.29 is 19.4 Å². The molecule has 0 atom stereocenters. The summed E-state index contributed by atoms with van der Waals surface area (Å²) in [6, 6.07) is 16.5. The molecule has 0 fully saturated rings. The fourth-order valence-electron chi connectivity index (χ4n) is 1.75. The van der Waals surface area contributed by atoms with Crippen molar-refractivity contribution >= 4 is 17.6 Å². The van der Waals surface area contributed by atoms with E-state index >= 15 is 0 Å². The molecule has 2 aromatic carbocycles. The van der Waals surface area contributed by atoms with E-state index in [-0.39, 0.29) is 0 Å². The third-order valence-electron chi connectivity index (χ3n) is 2.68. The van der Waals surface area contributed by atoms with Crippen molar-refractivity contribution in [3.63, 3.8) is 0 Å². The second-order valence-electron chi connectivity index (χ2n) is 4.42. The van der Waals surface area contributed by atoms with E-state index < -0.39 is 18.3 Å². The number of aliphatic carboxylic acids is 1. The molecule has 108 valence electrons. The number of benzene rings is 2. The van der Waals surface area contributed by atoms with Crippen molar-refractivity contribution in [2.45, 2.75) is 13.0 Å². The molecule has 5 heteroatoms. The fourth-order valence-corrected chi connectivity index (χ4v) is 1.75. The van der Waals surface area contributed by atoms with Gasteiger partial charge in [-0.25, -0.2) is 0 Å². The lowest BCUT2D eigenvalue weighted by Gasteiger charge is -2.09. The van der Waals surface area contributed by atoms with E-state index in [4.69, 9.17) is 9.84 Å². The lowest BCUT2D eigenvalue weighted by atomic mass is 10.2. The van der Waals surface area contributed by atoms with E-state index in [9.17, 15) is 9.59 Å². The van der Waals surface area contributed by atoms with Crippen LogP contribution in [-0.4, -0.2) is 17.0 Å². The molecule has 2 aromatic rings. The third kappa shape index (κ3) is 4.99. The standard InChI is InChI=1S/C16H15NO4/c18-15(10-16(19)20)17-13-7-4-8-14(9-13)21-11-12-5-2-1-3-6-12/h1-9H,10-11H2,(H,17,18)(H,19,20). The van der Waals surface area contributed by atoms with Crippen LogP contribution < -0.4 is 10.1 Å². The van der Waals surface area contributed by atoms with Crippen molar-refractivity contribution in [1.29, 1.82) is 0 Å². The van der Waals surface area contributed by atoms with Gasteiger partial charge in [-0.05, 0) is 17.7 Å². The number of amides is 1. The SMILES string of the molecule is O=C(O)CC(=O)Nc1cccc(OCc2ccccc2)c1. The van der Waals surface area contributed by atoms with E-state index in [2.05, 4.69) is 5.32 Å². The van der Waals surface area contributed by atoms with Gasteiger partial charge in [0.25, 0.3) is 0 Å². The van der Waals surface area contributed by atoms with Gasteiger partial charge in [0.1, 0.15) is 18.8 Å². The summed E-state index contributed by atoms with van der Waals surface area (Å²) in [5.41, 5.74) is 1.55. The zero-order chi connectivity index (χ0) is 15.1. The summed E-state index contributed by atoms with van der Waals surface area (Å²) in [5, 5.41) is 11.1. The molecule has 2 N–H and O–H groups in total. The summed E-state index contributed by atoms with van der Waals surface area (Å²) in [5.74, 6) is -1.13. The minimum atomic E-state index is -1.16. The minimum absolute atomic E-state index is 0.424. The predicted molar refractivity (Wildman–Crippen MR) is 78.1 cm³/mol. The normalized spacial score (nSPS) is 9.90. The van der Waals surface area contributed by atoms with Gasteiger partial charge in [0.15, 0.2) is 0 Å². The molecule has 0 aliphatic carbocycles. The van der Waals surface area contributed by atoms with Crippen LogP contribution in [0, 0.1) is 0 Å². The largest absolute Gasteiger partial charge is 0.489 e. The van der Waals surface area contributed by atoms with Gasteiger partial charge < -0.3 is 15.2 Å². The summed E-state index contributed by atoms with van der Waals surface area (Å²) in [4.78, 5) is 21.8. The summed E-state index contributed by atoms with van der Waals surface area (Å²) >= 11 is 0. The molecule has 0 saturated carbocycles. The second-order valence-corrected chi connectivity index (χ2v) is 4.42. The van der Waals surface area contributed by atoms with E-state index in [1.54, 1.807) is 24.3 Å². The van der Waals surface area contributed by atoms with Gasteiger partial charge in [-0.3, -0.25) is 9.59 Å². The Kier molecular flexibility index (Phi) is 4.93. The number of ether oxygens (including phenoxy) is 1. The smallest absolute Gasteiger partial charge is 0.312 e. The van der Waals surface area contributed by atoms with E-state index in [0.717, 1.165) is 5.56 Å². The van der Waals surface area contributed by atoms with Gasteiger partial charge in [-0.15, -0.1) is 0 Å². The summed E-state index contributed by atoms with van der Waals surface area (Å²) in [6.45, 7) is 0.424. The molecule has 0 aromatic heterocycles. The molecule has 0 unspecified atom stereocenters. The lowest BCUT2D eigenvalue weighted by molar-refractivity contribution is -0.139. The zero-order valence-corrected chi connectivity index (χ0v) is 11.3. The van der Waals surface area contributed by atoms with Gasteiger partial charge in [-0.2, -0.15) is 0 Å². The van der Waals surface area contributed by atoms with Gasteiger partial charge >= 0.3 is 5.97 Å². The highest BCUT2D eigenvalue weighted by Gasteiger charge is 2.08. The van der Waals surface area contributed by atoms with Gasteiger partial charge in [0.2, 0.25) is 5.91 Å². The Morgan fingerprint density at radius 3 is 2.52 bits per heavy atom. The summed E-state index contributed by atoms with van der Waals surface area (Å²) < 4.78 is 5.63. The van der Waals surface area contributed by atoms with Crippen LogP contribution in [0.2, 0.25) is 0 Å². The Labute approximate surface area is 122 Å². The highest BCUT2D eigenvalue weighted by atomic mass is 16.5. The number of nitrogens with one attached hydrogen (secondary N) is 1. The number of rotatable bonds is 6. The number of hydrogen-bond acceptors (Lipinski definition) is 3. The maximum absolute atomic E-state index is 11.4. The maximum atomic E-state index is 11.4. The molecule has 21 heavy (non-hydrogen) atoms. The Balaban J connectivity index is 1.94. The van der Waals surface area contributed by atoms with Crippen molar-refractivity contribution in [3.05, 3.63) is 60.2 Å². The average molecular weight is 285 g/mol. The minimum Gasteiger partial charge on any atom is -0.489 e. The average Bonchev–Trinajstić information content (AvgIpc) is 2.46. The van der Waals surface area contributed by atoms with Crippen LogP contribution in [0.5, 0.6) is 5.75 Å². The van der Waals surface area contributed by atoms with Crippen LogP contribution in [0.25, 0.3) is 0 Å². The molecule has 5 nitrogen and oxygen atoms in total. The zero-order valence-electron chi connectivity index (χ0n) is 11.3. The van der Waals surface area contributed by atoms with Gasteiger partial charge in [-0.1, -0.05) is 36.4 Å². The number of carboxylic acids is 1. The number of carbonyl (C=O) groups excluding carboxylic acids is 1. The van der Waals surface area contributed by atoms with Gasteiger partial charge in [0, 0.05) is 11.8 Å². The first-order valence-corrected chi connectivity index (χ1v) is 6.42. The Bertz CT molecular complexity index is 625. The quantitative estimate of drug-likeness (QED) is 0.800. The van der Waals surface area contributed by atoms with Crippen molar-refractivity contribution in [3.8, 4) is 5.75 Å². The van der Waals surface area contributed by atoms with Crippen LogP contribution in [0.3, 0.4) is 0 Å². The number of carbonyl (C=O) groups is 2. The summed E-state index contributed by atoms with van der Waals surface area (Å²) in [6.07, 6.45) is -0.560. The Hall–Kier alpha value is -2.82. The van der Waals surface area contributed by atoms with E-state index in [1.165, 1.54) is 0 Å². The molecular weight excluding hydrogens is 270 g/mol. The van der Waals surface area contributed by atoms with Crippen LogP contribution in [0.15, 0.2) is 54.6 Å². The lowest BCUT2D eigenvalue weighted by Crippen LogP contribution is -2.15. The van der Waals surface area contributed by atoms with Gasteiger partial charge in [0.05, 0.1) is 0 Å². The number of carboxylic acid groups (broad SMARTS) is 1. The molecule has 2 rings (SSSR count). The first-order valence-electron chi connectivity index (χ1n) is 6.42. The van der Waals surface area contributed by atoms with Crippen molar-refractivity contribution in [1.82, 2.24) is 0 Å². The molecular formula is C16H15NO4. The van der Waals surface area contributed by atoms with Crippen LogP contribution in [0.1, 0.15) is 12.0 Å². The molecule has 0 radical (unpaired) electrons. The highest BCUT2D eigenvalue weighted by Crippen LogP contribution is 2.18. The van der Waals surface area contributed by atoms with E-state index in [0.29, 0.717) is 18.0 Å². The van der Waals surface area contributed by atoms with Crippen LogP contribution in [0.4, 0.5) is 5.69 Å². The van der Waals surface area contributed by atoms with Crippen LogP contribution in [-0.2, 0) is 16.2 Å². The molecule has 0 spiro atoms. The predicted octanol–water partition coefficient (Wildman–Crippen LogP) is 2.68. The van der Waals surface area contributed by atoms with Crippen LogP contribution >= 0.6 is 0 Å². The third-order valence-corrected chi connectivity index (χ3v) is 2.68. The van der Waals surface area contributed by atoms with Crippen molar-refractivity contribution in [2.24, 2.45) is 0 Å². The fraction of sp³-hybridized carbons (Fsp3) is 0.125. The Morgan fingerprint density at radius 2 is 1.81 bits per heavy atom. The maximum Gasteiger partial charge on any atom is 0.312 e. The molecule has 0 aliphatic rings. The number of anilines is 1. The first-order chi connectivity index (χ1) is 10.1. The molecule has 0 heterocycles. The second kappa shape index (κ2) is 7.09. The Morgan fingerprint density at radius 1 is 1.05 bits per heavy atom. The highest BCUT2D eigenvalue weighted by molar-refractivity contribution is 6.01. The molecule has 0 aliphatic heterocycles. The molecule has 1 amide bonds. The topological polar surface area (TPSA) is 75.6 Å². The summed E-state index contributed by atoms with van der Waals surface area (Å²) in [7, 11) is 0. The monoisotopic (exact) mass is 285 g/mol. The number of hydrogen-bond donors (Lipinski definition) is 2. The first kappa shape index (κ1) is 14.6.